The van der Waals surface area contributed by atoms with Gasteiger partial charge >= 0.3 is 0 Å². The van der Waals surface area contributed by atoms with Gasteiger partial charge in [-0.3, -0.25) is 0 Å². The minimum absolute atomic E-state index is 0.154. The molecule has 1 rings (SSSR count). The van der Waals surface area contributed by atoms with Crippen LogP contribution in [0.2, 0.25) is 0 Å². The van der Waals surface area contributed by atoms with E-state index in [1.807, 2.05) is 12.1 Å². The van der Waals surface area contributed by atoms with Crippen molar-refractivity contribution >= 4 is 5.82 Å². The average molecular weight is 265 g/mol. The second-order valence-electron chi connectivity index (χ2n) is 4.84. The highest BCUT2D eigenvalue weighted by atomic mass is 16.5. The van der Waals surface area contributed by atoms with E-state index < -0.39 is 0 Å². The van der Waals surface area contributed by atoms with E-state index in [-0.39, 0.29) is 11.6 Å². The van der Waals surface area contributed by atoms with Crippen molar-refractivity contribution in [2.75, 3.05) is 19.4 Å². The number of pyridine rings is 1. The van der Waals surface area contributed by atoms with E-state index in [0.717, 1.165) is 31.4 Å². The maximum Gasteiger partial charge on any atom is 0.126 e. The molecule has 3 N–H and O–H groups in total. The van der Waals surface area contributed by atoms with Crippen molar-refractivity contribution in [3.8, 4) is 0 Å². The second kappa shape index (κ2) is 7.46. The lowest BCUT2D eigenvalue weighted by molar-refractivity contribution is -0.0468. The minimum atomic E-state index is -0.154. The summed E-state index contributed by atoms with van der Waals surface area (Å²) in [4.78, 5) is 4.16. The summed E-state index contributed by atoms with van der Waals surface area (Å²) in [6.07, 6.45) is 4.50. The molecule has 0 aliphatic rings. The fraction of sp³-hybridized carbons (Fsp3) is 0.667. The molecule has 0 saturated carbocycles. The van der Waals surface area contributed by atoms with Gasteiger partial charge in [0.15, 0.2) is 0 Å². The number of nitrogens with one attached hydrogen (secondary N) is 1. The maximum absolute atomic E-state index is 5.95. The molecule has 0 aliphatic carbocycles. The van der Waals surface area contributed by atoms with Crippen LogP contribution in [0.15, 0.2) is 18.3 Å². The number of likely N-dealkylation sites (N-methyl/N-ethyl adjacent to an activating group) is 1. The Bertz CT molecular complexity index is 369. The van der Waals surface area contributed by atoms with Crippen molar-refractivity contribution < 1.29 is 4.74 Å². The highest BCUT2D eigenvalue weighted by Gasteiger charge is 2.35. The number of nitrogens with zero attached hydrogens (tertiary/aromatic N) is 1. The predicted molar refractivity (Wildman–Crippen MR) is 80.1 cm³/mol. The first kappa shape index (κ1) is 15.9. The molecule has 0 fully saturated rings. The first-order chi connectivity index (χ1) is 9.13. The Labute approximate surface area is 116 Å². The van der Waals surface area contributed by atoms with E-state index in [1.165, 1.54) is 0 Å². The summed E-state index contributed by atoms with van der Waals surface area (Å²) in [7, 11) is 1.80. The molecule has 0 bridgehead atoms. The SMILES string of the molecule is CCNC(Cc1cccnc1N)C(CC)(CC)OC. The summed E-state index contributed by atoms with van der Waals surface area (Å²) in [5.41, 5.74) is 6.88. The van der Waals surface area contributed by atoms with E-state index in [4.69, 9.17) is 10.5 Å². The van der Waals surface area contributed by atoms with Gasteiger partial charge in [-0.2, -0.15) is 0 Å². The van der Waals surface area contributed by atoms with Gasteiger partial charge in [0, 0.05) is 19.3 Å². The quantitative estimate of drug-likeness (QED) is 0.757. The van der Waals surface area contributed by atoms with Crippen LogP contribution in [0.4, 0.5) is 5.82 Å². The molecule has 0 aromatic carbocycles. The second-order valence-corrected chi connectivity index (χ2v) is 4.84. The Kier molecular flexibility index (Phi) is 6.25. The first-order valence-electron chi connectivity index (χ1n) is 7.11. The largest absolute Gasteiger partial charge is 0.383 e. The Morgan fingerprint density at radius 1 is 1.37 bits per heavy atom. The van der Waals surface area contributed by atoms with E-state index in [9.17, 15) is 0 Å². The van der Waals surface area contributed by atoms with Gasteiger partial charge in [0.1, 0.15) is 5.82 Å². The van der Waals surface area contributed by atoms with Gasteiger partial charge in [0.2, 0.25) is 0 Å². The fourth-order valence-electron chi connectivity index (χ4n) is 2.71. The molecule has 0 radical (unpaired) electrons. The molecule has 4 heteroatoms. The molecule has 1 atom stereocenters. The van der Waals surface area contributed by atoms with Crippen molar-refractivity contribution in [2.24, 2.45) is 0 Å². The zero-order chi connectivity index (χ0) is 14.3. The molecule has 4 nitrogen and oxygen atoms in total. The van der Waals surface area contributed by atoms with Crippen LogP contribution in [-0.2, 0) is 11.2 Å². The van der Waals surface area contributed by atoms with Crippen LogP contribution < -0.4 is 11.1 Å². The third-order valence-corrected chi connectivity index (χ3v) is 4.04. The van der Waals surface area contributed by atoms with Gasteiger partial charge in [-0.25, -0.2) is 4.98 Å². The molecule has 0 spiro atoms. The standard InChI is InChI=1S/C15H27N3O/c1-5-15(6-2,19-4)13(17-7-3)11-12-9-8-10-18-14(12)16/h8-10,13,17H,5-7,11H2,1-4H3,(H2,16,18). The Morgan fingerprint density at radius 3 is 2.53 bits per heavy atom. The predicted octanol–water partition coefficient (Wildman–Crippen LogP) is 2.39. The number of methoxy groups -OCH3 is 1. The molecular weight excluding hydrogens is 238 g/mol. The zero-order valence-electron chi connectivity index (χ0n) is 12.6. The lowest BCUT2D eigenvalue weighted by atomic mass is 9.84. The normalized spacial score (nSPS) is 13.5. The molecule has 19 heavy (non-hydrogen) atoms. The van der Waals surface area contributed by atoms with E-state index in [0.29, 0.717) is 5.82 Å². The van der Waals surface area contributed by atoms with Crippen molar-refractivity contribution in [1.29, 1.82) is 0 Å². The Balaban J connectivity index is 2.97. The van der Waals surface area contributed by atoms with Gasteiger partial charge in [-0.15, -0.1) is 0 Å². The summed E-state index contributed by atoms with van der Waals surface area (Å²) >= 11 is 0. The fourth-order valence-corrected chi connectivity index (χ4v) is 2.71. The summed E-state index contributed by atoms with van der Waals surface area (Å²) in [6.45, 7) is 7.37. The van der Waals surface area contributed by atoms with Gasteiger partial charge in [-0.1, -0.05) is 26.8 Å². The number of nitrogen functional groups attached to an aromatic ring is 1. The van der Waals surface area contributed by atoms with Gasteiger partial charge in [0.25, 0.3) is 0 Å². The summed E-state index contributed by atoms with van der Waals surface area (Å²) < 4.78 is 5.84. The minimum Gasteiger partial charge on any atom is -0.383 e. The van der Waals surface area contributed by atoms with Crippen molar-refractivity contribution in [3.63, 3.8) is 0 Å². The Hall–Kier alpha value is -1.13. The number of anilines is 1. The highest BCUT2D eigenvalue weighted by Crippen LogP contribution is 2.27. The molecule has 1 aromatic heterocycles. The summed E-state index contributed by atoms with van der Waals surface area (Å²) in [6, 6.07) is 4.21. The van der Waals surface area contributed by atoms with Gasteiger partial charge < -0.3 is 15.8 Å². The molecule has 108 valence electrons. The smallest absolute Gasteiger partial charge is 0.126 e. The van der Waals surface area contributed by atoms with Crippen LogP contribution in [0.3, 0.4) is 0 Å². The molecule has 1 heterocycles. The van der Waals surface area contributed by atoms with E-state index in [2.05, 4.69) is 31.1 Å². The number of hydrogen-bond acceptors (Lipinski definition) is 4. The molecule has 1 aromatic rings. The van der Waals surface area contributed by atoms with Gasteiger partial charge in [0.05, 0.1) is 5.60 Å². The summed E-state index contributed by atoms with van der Waals surface area (Å²) in [5.74, 6) is 0.614. The molecule has 0 aliphatic heterocycles. The topological polar surface area (TPSA) is 60.2 Å². The molecular formula is C15H27N3O. The van der Waals surface area contributed by atoms with Crippen LogP contribution in [0, 0.1) is 0 Å². The zero-order valence-corrected chi connectivity index (χ0v) is 12.6. The number of nitrogens with two attached hydrogens (primary N) is 1. The monoisotopic (exact) mass is 265 g/mol. The molecule has 1 unspecified atom stereocenters. The van der Waals surface area contributed by atoms with Crippen molar-refractivity contribution in [1.82, 2.24) is 10.3 Å². The first-order valence-corrected chi connectivity index (χ1v) is 7.11. The lowest BCUT2D eigenvalue weighted by Crippen LogP contribution is -2.52. The third kappa shape index (κ3) is 3.67. The van der Waals surface area contributed by atoms with Crippen LogP contribution >= 0.6 is 0 Å². The van der Waals surface area contributed by atoms with Crippen LogP contribution in [0.25, 0.3) is 0 Å². The van der Waals surface area contributed by atoms with E-state index in [1.54, 1.807) is 13.3 Å². The Morgan fingerprint density at radius 2 is 2.05 bits per heavy atom. The molecule has 0 saturated heterocycles. The van der Waals surface area contributed by atoms with Crippen molar-refractivity contribution in [2.45, 2.75) is 51.7 Å². The summed E-state index contributed by atoms with van der Waals surface area (Å²) in [5, 5.41) is 3.54. The number of ether oxygens (including phenoxy) is 1. The number of rotatable bonds is 8. The number of aromatic nitrogens is 1. The van der Waals surface area contributed by atoms with E-state index >= 15 is 0 Å². The molecule has 0 amide bonds. The lowest BCUT2D eigenvalue weighted by Gasteiger charge is -2.39. The number of hydrogen-bond donors (Lipinski definition) is 2. The highest BCUT2D eigenvalue weighted by molar-refractivity contribution is 5.39. The van der Waals surface area contributed by atoms with Crippen molar-refractivity contribution in [3.05, 3.63) is 23.9 Å². The maximum atomic E-state index is 5.95. The third-order valence-electron chi connectivity index (χ3n) is 4.04. The van der Waals surface area contributed by atoms with Crippen LogP contribution in [-0.4, -0.2) is 30.3 Å². The van der Waals surface area contributed by atoms with Crippen LogP contribution in [0.1, 0.15) is 39.2 Å². The van der Waals surface area contributed by atoms with Gasteiger partial charge in [-0.05, 0) is 37.4 Å². The average Bonchev–Trinajstić information content (AvgIpc) is 2.44. The van der Waals surface area contributed by atoms with Crippen LogP contribution in [0.5, 0.6) is 0 Å².